The molecule has 0 radical (unpaired) electrons. The van der Waals surface area contributed by atoms with Gasteiger partial charge in [0.05, 0.1) is 6.61 Å². The minimum absolute atomic E-state index is 0.207. The van der Waals surface area contributed by atoms with Crippen molar-refractivity contribution in [2.75, 3.05) is 0 Å². The van der Waals surface area contributed by atoms with Gasteiger partial charge in [0, 0.05) is 6.20 Å². The molecular weight excluding hydrogens is 264 g/mol. The van der Waals surface area contributed by atoms with E-state index in [1.54, 1.807) is 11.6 Å². The second-order valence-corrected chi connectivity index (χ2v) is 4.89. The number of rotatable bonds is 3. The molecular formula is C13H10N2O3S. The van der Waals surface area contributed by atoms with Gasteiger partial charge in [0.15, 0.2) is 5.17 Å². The molecule has 1 atom stereocenters. The number of amides is 2. The Morgan fingerprint density at radius 2 is 2.05 bits per heavy atom. The number of fused-ring (bicyclic) bond motifs is 1. The van der Waals surface area contributed by atoms with Crippen molar-refractivity contribution in [1.82, 2.24) is 4.90 Å². The van der Waals surface area contributed by atoms with E-state index in [0.717, 1.165) is 5.56 Å². The van der Waals surface area contributed by atoms with Crippen molar-refractivity contribution >= 4 is 28.7 Å². The number of carbonyl (C=O) groups excluding carboxylic acids is 2. The van der Waals surface area contributed by atoms with Crippen LogP contribution < -0.4 is 0 Å². The number of aliphatic imine (C=N–C) groups is 1. The number of carbonyl (C=O) groups is 2. The third-order valence-electron chi connectivity index (χ3n) is 2.74. The molecule has 1 aromatic carbocycles. The molecule has 0 saturated heterocycles. The summed E-state index contributed by atoms with van der Waals surface area (Å²) in [5.41, 5.74) is 0.907. The minimum Gasteiger partial charge on any atom is -0.354 e. The highest BCUT2D eigenvalue weighted by molar-refractivity contribution is 8.16. The number of benzene rings is 1. The summed E-state index contributed by atoms with van der Waals surface area (Å²) in [5.74, 6) is -0.921. The number of ether oxygens (including phenoxy) is 1. The van der Waals surface area contributed by atoms with Gasteiger partial charge in [-0.2, -0.15) is 4.99 Å². The zero-order valence-corrected chi connectivity index (χ0v) is 10.7. The van der Waals surface area contributed by atoms with Gasteiger partial charge >= 0.3 is 0 Å². The summed E-state index contributed by atoms with van der Waals surface area (Å²) in [7, 11) is 0. The molecule has 0 fully saturated rings. The number of thioether (sulfide) groups is 1. The first-order valence-electron chi connectivity index (χ1n) is 5.70. The average molecular weight is 274 g/mol. The lowest BCUT2D eigenvalue weighted by Gasteiger charge is -2.24. The van der Waals surface area contributed by atoms with Gasteiger partial charge in [0.1, 0.15) is 0 Å². The molecule has 2 aliphatic rings. The largest absolute Gasteiger partial charge is 0.354 e. The van der Waals surface area contributed by atoms with Crippen molar-refractivity contribution in [1.29, 1.82) is 0 Å². The summed E-state index contributed by atoms with van der Waals surface area (Å²) in [4.78, 5) is 29.0. The van der Waals surface area contributed by atoms with E-state index in [9.17, 15) is 9.59 Å². The second-order valence-electron chi connectivity index (χ2n) is 4.02. The summed E-state index contributed by atoms with van der Waals surface area (Å²) in [6.07, 6.45) is 0.448. The first-order valence-corrected chi connectivity index (χ1v) is 6.58. The van der Waals surface area contributed by atoms with E-state index in [1.807, 2.05) is 30.3 Å². The molecule has 6 heteroatoms. The van der Waals surface area contributed by atoms with Crippen LogP contribution in [0.4, 0.5) is 0 Å². The van der Waals surface area contributed by atoms with Gasteiger partial charge in [-0.1, -0.05) is 42.1 Å². The second kappa shape index (κ2) is 4.99. The van der Waals surface area contributed by atoms with Crippen LogP contribution in [-0.2, 0) is 20.9 Å². The third kappa shape index (κ3) is 2.32. The minimum atomic E-state index is -1.15. The Balaban J connectivity index is 1.73. The van der Waals surface area contributed by atoms with Crippen LogP contribution in [0.2, 0.25) is 0 Å². The topological polar surface area (TPSA) is 59.0 Å². The summed E-state index contributed by atoms with van der Waals surface area (Å²) in [6, 6.07) is 9.39. The molecule has 3 rings (SSSR count). The lowest BCUT2D eigenvalue weighted by Crippen LogP contribution is -2.46. The van der Waals surface area contributed by atoms with Crippen LogP contribution in [-0.4, -0.2) is 28.0 Å². The maximum absolute atomic E-state index is 12.1. The average Bonchev–Trinajstić information content (AvgIpc) is 2.88. The van der Waals surface area contributed by atoms with Crippen molar-refractivity contribution in [3.8, 4) is 0 Å². The molecule has 0 bridgehead atoms. The van der Waals surface area contributed by atoms with Crippen LogP contribution in [0.5, 0.6) is 0 Å². The van der Waals surface area contributed by atoms with E-state index in [2.05, 4.69) is 4.99 Å². The van der Waals surface area contributed by atoms with E-state index in [-0.39, 0.29) is 12.5 Å². The normalized spacial score (nSPS) is 21.6. The monoisotopic (exact) mass is 274 g/mol. The SMILES string of the molecule is O=C1N=C2SC=CN2C(=O)C1OCc1ccccc1. The van der Waals surface area contributed by atoms with E-state index in [1.165, 1.54) is 16.7 Å². The fraction of sp³-hybridized carbons (Fsp3) is 0.154. The molecule has 0 saturated carbocycles. The van der Waals surface area contributed by atoms with Gasteiger partial charge < -0.3 is 4.74 Å². The number of amidine groups is 1. The Morgan fingerprint density at radius 3 is 2.84 bits per heavy atom. The molecule has 96 valence electrons. The standard InChI is InChI=1S/C13H10N2O3S/c16-11-10(18-8-9-4-2-1-3-5-9)12(17)15-6-7-19-13(15)14-11/h1-7,10H,8H2. The third-order valence-corrected chi connectivity index (χ3v) is 3.50. The van der Waals surface area contributed by atoms with Crippen molar-refractivity contribution in [3.05, 3.63) is 47.5 Å². The molecule has 2 heterocycles. The highest BCUT2D eigenvalue weighted by Crippen LogP contribution is 2.25. The van der Waals surface area contributed by atoms with Gasteiger partial charge in [0.25, 0.3) is 11.8 Å². The van der Waals surface area contributed by atoms with Crippen LogP contribution in [0, 0.1) is 0 Å². The lowest BCUT2D eigenvalue weighted by atomic mass is 10.2. The van der Waals surface area contributed by atoms with E-state index < -0.39 is 12.0 Å². The maximum Gasteiger partial charge on any atom is 0.287 e. The zero-order valence-electron chi connectivity index (χ0n) is 9.85. The van der Waals surface area contributed by atoms with Crippen molar-refractivity contribution in [2.45, 2.75) is 12.7 Å². The Hall–Kier alpha value is -1.92. The number of hydrogen-bond donors (Lipinski definition) is 0. The van der Waals surface area contributed by atoms with Gasteiger partial charge in [-0.05, 0) is 11.0 Å². The molecule has 0 N–H and O–H groups in total. The van der Waals surface area contributed by atoms with Crippen LogP contribution in [0.15, 0.2) is 46.9 Å². The molecule has 1 aromatic rings. The summed E-state index contributed by atoms with van der Waals surface area (Å²) in [5, 5.41) is 2.11. The fourth-order valence-corrected chi connectivity index (χ4v) is 2.51. The Kier molecular flexibility index (Phi) is 3.18. The van der Waals surface area contributed by atoms with Gasteiger partial charge in [-0.3, -0.25) is 14.5 Å². The predicted octanol–water partition coefficient (Wildman–Crippen LogP) is 1.51. The molecule has 0 spiro atoms. The highest BCUT2D eigenvalue weighted by atomic mass is 32.2. The maximum atomic E-state index is 12.1. The Morgan fingerprint density at radius 1 is 1.26 bits per heavy atom. The van der Waals surface area contributed by atoms with E-state index in [4.69, 9.17) is 4.74 Å². The molecule has 2 aliphatic heterocycles. The lowest BCUT2D eigenvalue weighted by molar-refractivity contribution is -0.148. The van der Waals surface area contributed by atoms with Crippen molar-refractivity contribution in [2.24, 2.45) is 4.99 Å². The van der Waals surface area contributed by atoms with E-state index in [0.29, 0.717) is 5.17 Å². The molecule has 5 nitrogen and oxygen atoms in total. The molecule has 0 aliphatic carbocycles. The summed E-state index contributed by atoms with van der Waals surface area (Å²) in [6.45, 7) is 0.207. The fourth-order valence-electron chi connectivity index (χ4n) is 1.80. The van der Waals surface area contributed by atoms with Crippen LogP contribution in [0.1, 0.15) is 5.56 Å². The zero-order chi connectivity index (χ0) is 13.2. The summed E-state index contributed by atoms with van der Waals surface area (Å²) >= 11 is 1.25. The predicted molar refractivity (Wildman–Crippen MR) is 71.0 cm³/mol. The Bertz CT molecular complexity index is 583. The van der Waals surface area contributed by atoms with Crippen LogP contribution >= 0.6 is 11.8 Å². The molecule has 0 aromatic heterocycles. The number of nitrogens with zero attached hydrogens (tertiary/aromatic N) is 2. The van der Waals surface area contributed by atoms with Crippen LogP contribution in [0.25, 0.3) is 0 Å². The summed E-state index contributed by atoms with van der Waals surface area (Å²) < 4.78 is 5.41. The quantitative estimate of drug-likeness (QED) is 0.784. The van der Waals surface area contributed by atoms with Crippen LogP contribution in [0.3, 0.4) is 0 Å². The van der Waals surface area contributed by atoms with E-state index >= 15 is 0 Å². The molecule has 2 amide bonds. The molecule has 19 heavy (non-hydrogen) atoms. The van der Waals surface area contributed by atoms with Gasteiger partial charge in [-0.15, -0.1) is 0 Å². The first-order chi connectivity index (χ1) is 9.25. The van der Waals surface area contributed by atoms with Gasteiger partial charge in [-0.25, -0.2) is 0 Å². The van der Waals surface area contributed by atoms with Gasteiger partial charge in [0.2, 0.25) is 6.10 Å². The van der Waals surface area contributed by atoms with Crippen molar-refractivity contribution < 1.29 is 14.3 Å². The molecule has 1 unspecified atom stereocenters. The Labute approximate surface area is 113 Å². The smallest absolute Gasteiger partial charge is 0.287 e. The number of hydrogen-bond acceptors (Lipinski definition) is 4. The highest BCUT2D eigenvalue weighted by Gasteiger charge is 2.39. The van der Waals surface area contributed by atoms with Crippen molar-refractivity contribution in [3.63, 3.8) is 0 Å². The first kappa shape index (κ1) is 12.1.